The Kier molecular flexibility index (Phi) is 3.48. The molecule has 2 N–H and O–H groups in total. The van der Waals surface area contributed by atoms with Crippen LogP contribution in [0.25, 0.3) is 11.1 Å². The average Bonchev–Trinajstić information content (AvgIpc) is 3.02. The van der Waals surface area contributed by atoms with Crippen molar-refractivity contribution in [2.24, 2.45) is 5.92 Å². The van der Waals surface area contributed by atoms with E-state index in [0.717, 1.165) is 29.9 Å². The lowest BCUT2D eigenvalue weighted by molar-refractivity contribution is 0.571. The molecular weight excluding hydrogens is 290 g/mol. The first-order valence-electron chi connectivity index (χ1n) is 6.32. The Hall–Kier alpha value is -1.13. The van der Waals surface area contributed by atoms with E-state index < -0.39 is 0 Å². The summed E-state index contributed by atoms with van der Waals surface area (Å²) >= 11 is 3.61. The first-order chi connectivity index (χ1) is 8.84. The molecule has 0 saturated carbocycles. The van der Waals surface area contributed by atoms with Crippen molar-refractivity contribution >= 4 is 15.9 Å². The van der Waals surface area contributed by atoms with E-state index >= 15 is 0 Å². The lowest BCUT2D eigenvalue weighted by atomic mass is 9.97. The van der Waals surface area contributed by atoms with Crippen molar-refractivity contribution < 1.29 is 0 Å². The van der Waals surface area contributed by atoms with E-state index in [1.807, 2.05) is 12.3 Å². The molecule has 1 aromatic carbocycles. The highest BCUT2D eigenvalue weighted by molar-refractivity contribution is 9.10. The summed E-state index contributed by atoms with van der Waals surface area (Å²) in [5.74, 6) is 0.728. The fraction of sp³-hybridized carbons (Fsp3) is 0.357. The summed E-state index contributed by atoms with van der Waals surface area (Å²) < 4.78 is 1.12. The number of aromatic nitrogens is 2. The average molecular weight is 306 g/mol. The van der Waals surface area contributed by atoms with Crippen molar-refractivity contribution in [3.8, 4) is 11.1 Å². The van der Waals surface area contributed by atoms with E-state index in [1.54, 1.807) is 0 Å². The minimum Gasteiger partial charge on any atom is -0.316 e. The molecule has 2 heterocycles. The monoisotopic (exact) mass is 305 g/mol. The van der Waals surface area contributed by atoms with Gasteiger partial charge in [-0.25, -0.2) is 0 Å². The Bertz CT molecular complexity index is 529. The maximum atomic E-state index is 4.22. The van der Waals surface area contributed by atoms with E-state index in [-0.39, 0.29) is 0 Å². The Morgan fingerprint density at radius 1 is 1.28 bits per heavy atom. The van der Waals surface area contributed by atoms with Gasteiger partial charge >= 0.3 is 0 Å². The second-order valence-electron chi connectivity index (χ2n) is 4.81. The number of aromatic amines is 1. The predicted molar refractivity (Wildman–Crippen MR) is 76.4 cm³/mol. The van der Waals surface area contributed by atoms with Crippen molar-refractivity contribution in [1.82, 2.24) is 15.5 Å². The maximum absolute atomic E-state index is 4.22. The highest BCUT2D eigenvalue weighted by Gasteiger charge is 2.18. The molecule has 18 heavy (non-hydrogen) atoms. The summed E-state index contributed by atoms with van der Waals surface area (Å²) in [7, 11) is 0. The van der Waals surface area contributed by atoms with Gasteiger partial charge < -0.3 is 5.32 Å². The van der Waals surface area contributed by atoms with Gasteiger partial charge in [-0.05, 0) is 43.5 Å². The zero-order valence-electron chi connectivity index (χ0n) is 10.1. The molecule has 0 radical (unpaired) electrons. The molecule has 0 amide bonds. The Balaban J connectivity index is 1.89. The number of halogens is 1. The van der Waals surface area contributed by atoms with Crippen LogP contribution in [0.2, 0.25) is 0 Å². The van der Waals surface area contributed by atoms with Crippen LogP contribution in [-0.4, -0.2) is 23.3 Å². The van der Waals surface area contributed by atoms with Crippen LogP contribution >= 0.6 is 15.9 Å². The summed E-state index contributed by atoms with van der Waals surface area (Å²) in [6.45, 7) is 2.26. The van der Waals surface area contributed by atoms with Gasteiger partial charge in [0.2, 0.25) is 0 Å². The van der Waals surface area contributed by atoms with Crippen LogP contribution in [-0.2, 0) is 6.42 Å². The molecule has 94 valence electrons. The number of nitrogens with zero attached hydrogens (tertiary/aromatic N) is 1. The van der Waals surface area contributed by atoms with Crippen molar-refractivity contribution in [3.63, 3.8) is 0 Å². The molecule has 1 aliphatic rings. The maximum Gasteiger partial charge on any atom is 0.0569 e. The lowest BCUT2D eigenvalue weighted by Gasteiger charge is -2.09. The van der Waals surface area contributed by atoms with E-state index in [1.165, 1.54) is 23.2 Å². The first kappa shape index (κ1) is 11.9. The van der Waals surface area contributed by atoms with Gasteiger partial charge in [-0.3, -0.25) is 5.10 Å². The predicted octanol–water partition coefficient (Wildman–Crippen LogP) is 2.99. The molecule has 1 atom stereocenters. The third-order valence-electron chi connectivity index (χ3n) is 3.54. The van der Waals surface area contributed by atoms with Crippen molar-refractivity contribution in [2.45, 2.75) is 12.8 Å². The Morgan fingerprint density at radius 3 is 2.94 bits per heavy atom. The zero-order valence-corrected chi connectivity index (χ0v) is 11.7. The molecule has 2 aromatic rings. The van der Waals surface area contributed by atoms with E-state index in [2.05, 4.69) is 49.6 Å². The quantitative estimate of drug-likeness (QED) is 0.915. The molecule has 4 heteroatoms. The molecule has 1 aromatic heterocycles. The molecule has 3 rings (SSSR count). The molecule has 1 aliphatic heterocycles. The van der Waals surface area contributed by atoms with Gasteiger partial charge in [0.05, 0.1) is 6.20 Å². The van der Waals surface area contributed by atoms with Crippen LogP contribution in [0.3, 0.4) is 0 Å². The third kappa shape index (κ3) is 2.35. The van der Waals surface area contributed by atoms with Crippen LogP contribution in [0.4, 0.5) is 0 Å². The van der Waals surface area contributed by atoms with E-state index in [4.69, 9.17) is 0 Å². The van der Waals surface area contributed by atoms with Gasteiger partial charge in [0, 0.05) is 15.7 Å². The summed E-state index contributed by atoms with van der Waals surface area (Å²) in [4.78, 5) is 0. The highest BCUT2D eigenvalue weighted by Crippen LogP contribution is 2.31. The fourth-order valence-corrected chi connectivity index (χ4v) is 3.06. The first-order valence-corrected chi connectivity index (χ1v) is 7.12. The van der Waals surface area contributed by atoms with Gasteiger partial charge in [0.25, 0.3) is 0 Å². The second-order valence-corrected chi connectivity index (χ2v) is 5.66. The fourth-order valence-electron chi connectivity index (χ4n) is 2.56. The van der Waals surface area contributed by atoms with E-state index in [9.17, 15) is 0 Å². The van der Waals surface area contributed by atoms with Crippen LogP contribution in [0.15, 0.2) is 34.9 Å². The van der Waals surface area contributed by atoms with Crippen LogP contribution < -0.4 is 5.32 Å². The van der Waals surface area contributed by atoms with Crippen molar-refractivity contribution in [3.05, 3.63) is 40.6 Å². The van der Waals surface area contributed by atoms with Gasteiger partial charge in [0.15, 0.2) is 0 Å². The van der Waals surface area contributed by atoms with Crippen LogP contribution in [0, 0.1) is 5.92 Å². The van der Waals surface area contributed by atoms with Gasteiger partial charge in [-0.2, -0.15) is 5.10 Å². The smallest absolute Gasteiger partial charge is 0.0569 e. The normalized spacial score (nSPS) is 19.3. The molecule has 0 spiro atoms. The molecule has 1 fully saturated rings. The minimum atomic E-state index is 0.728. The minimum absolute atomic E-state index is 0.728. The topological polar surface area (TPSA) is 40.7 Å². The van der Waals surface area contributed by atoms with Crippen molar-refractivity contribution in [1.29, 1.82) is 0 Å². The van der Waals surface area contributed by atoms with E-state index in [0.29, 0.717) is 0 Å². The summed E-state index contributed by atoms with van der Waals surface area (Å²) in [6.07, 6.45) is 4.26. The number of hydrogen-bond acceptors (Lipinski definition) is 2. The molecule has 0 aliphatic carbocycles. The van der Waals surface area contributed by atoms with Crippen molar-refractivity contribution in [2.75, 3.05) is 13.1 Å². The second kappa shape index (κ2) is 5.24. The van der Waals surface area contributed by atoms with Gasteiger partial charge in [0.1, 0.15) is 0 Å². The number of hydrogen-bond donors (Lipinski definition) is 2. The molecule has 0 bridgehead atoms. The zero-order chi connectivity index (χ0) is 12.4. The largest absolute Gasteiger partial charge is 0.316 e. The van der Waals surface area contributed by atoms with Crippen LogP contribution in [0.5, 0.6) is 0 Å². The van der Waals surface area contributed by atoms with Gasteiger partial charge in [-0.1, -0.05) is 34.1 Å². The number of nitrogens with one attached hydrogen (secondary N) is 2. The molecule has 1 unspecified atom stereocenters. The third-order valence-corrected chi connectivity index (χ3v) is 4.23. The SMILES string of the molecule is Brc1ccccc1-c1cn[nH]c1CC1CCNC1. The molecular formula is C14H16BrN3. The Morgan fingerprint density at radius 2 is 2.17 bits per heavy atom. The van der Waals surface area contributed by atoms with Gasteiger partial charge in [-0.15, -0.1) is 0 Å². The summed E-state index contributed by atoms with van der Waals surface area (Å²) in [5, 5.41) is 10.8. The highest BCUT2D eigenvalue weighted by atomic mass is 79.9. The molecule has 3 nitrogen and oxygen atoms in total. The molecule has 1 saturated heterocycles. The van der Waals surface area contributed by atoms with Crippen LogP contribution in [0.1, 0.15) is 12.1 Å². The number of benzene rings is 1. The standard InChI is InChI=1S/C14H16BrN3/c15-13-4-2-1-3-11(13)12-9-17-18-14(12)7-10-5-6-16-8-10/h1-4,9-10,16H,5-8H2,(H,17,18). The lowest BCUT2D eigenvalue weighted by Crippen LogP contribution is -2.11. The summed E-state index contributed by atoms with van der Waals surface area (Å²) in [5.41, 5.74) is 3.68. The number of H-pyrrole nitrogens is 1. The Labute approximate surface area is 115 Å². The number of rotatable bonds is 3. The summed E-state index contributed by atoms with van der Waals surface area (Å²) in [6, 6.07) is 8.30.